The van der Waals surface area contributed by atoms with Crippen LogP contribution in [0.4, 0.5) is 0 Å². The number of aliphatic carboxylic acids is 1. The van der Waals surface area contributed by atoms with Crippen molar-refractivity contribution in [1.29, 1.82) is 0 Å². The van der Waals surface area contributed by atoms with Crippen LogP contribution in [0, 0.1) is 12.8 Å². The highest BCUT2D eigenvalue weighted by Crippen LogP contribution is 2.26. The Balaban J connectivity index is 2.11. The van der Waals surface area contributed by atoms with Crippen LogP contribution in [0.15, 0.2) is 0 Å². The number of hydrogen-bond acceptors (Lipinski definition) is 4. The molecule has 1 heterocycles. The molecule has 1 aromatic rings. The van der Waals surface area contributed by atoms with Gasteiger partial charge in [-0.2, -0.15) is 0 Å². The standard InChI is InChI=1S/C16H25N3O2/c1-4-19(5-2)9-8-15-17-11(3)13-10-12(16(20)21)6-7-14(13)18-15/h12H,4-10H2,1-3H3,(H,20,21). The molecule has 0 bridgehead atoms. The first-order chi connectivity index (χ1) is 10.0. The van der Waals surface area contributed by atoms with Crippen LogP contribution in [0.3, 0.4) is 0 Å². The summed E-state index contributed by atoms with van der Waals surface area (Å²) in [6.07, 6.45) is 2.88. The molecule has 0 aliphatic heterocycles. The molecule has 0 fully saturated rings. The molecule has 1 aliphatic rings. The van der Waals surface area contributed by atoms with Crippen LogP contribution in [0.5, 0.6) is 0 Å². The molecule has 5 heteroatoms. The molecule has 0 radical (unpaired) electrons. The molecule has 5 nitrogen and oxygen atoms in total. The van der Waals surface area contributed by atoms with Gasteiger partial charge < -0.3 is 10.0 Å². The lowest BCUT2D eigenvalue weighted by molar-refractivity contribution is -0.142. The first-order valence-electron chi connectivity index (χ1n) is 7.85. The van der Waals surface area contributed by atoms with Crippen LogP contribution < -0.4 is 0 Å². The summed E-state index contributed by atoms with van der Waals surface area (Å²) in [5, 5.41) is 9.16. The first-order valence-corrected chi connectivity index (χ1v) is 7.85. The lowest BCUT2D eigenvalue weighted by Gasteiger charge is -2.23. The van der Waals surface area contributed by atoms with E-state index in [1.165, 1.54) is 0 Å². The SMILES string of the molecule is CCN(CC)CCc1nc(C)c2c(n1)CCC(C(=O)O)C2. The monoisotopic (exact) mass is 291 g/mol. The highest BCUT2D eigenvalue weighted by Gasteiger charge is 2.27. The Morgan fingerprint density at radius 1 is 1.33 bits per heavy atom. The van der Waals surface area contributed by atoms with Gasteiger partial charge in [0.05, 0.1) is 5.92 Å². The van der Waals surface area contributed by atoms with E-state index in [9.17, 15) is 4.79 Å². The number of likely N-dealkylation sites (N-methyl/N-ethyl adjacent to an activating group) is 1. The number of carbonyl (C=O) groups is 1. The fourth-order valence-electron chi connectivity index (χ4n) is 2.97. The largest absolute Gasteiger partial charge is 0.481 e. The molecule has 0 saturated heterocycles. The van der Waals surface area contributed by atoms with Gasteiger partial charge in [0.25, 0.3) is 0 Å². The molecular formula is C16H25N3O2. The minimum absolute atomic E-state index is 0.277. The van der Waals surface area contributed by atoms with Gasteiger partial charge in [-0.05, 0) is 44.8 Å². The third-order valence-electron chi connectivity index (χ3n) is 4.42. The van der Waals surface area contributed by atoms with Crippen molar-refractivity contribution >= 4 is 5.97 Å². The average Bonchev–Trinajstić information content (AvgIpc) is 2.48. The Bertz CT molecular complexity index is 512. The zero-order valence-electron chi connectivity index (χ0n) is 13.2. The van der Waals surface area contributed by atoms with E-state index in [2.05, 4.69) is 28.7 Å². The van der Waals surface area contributed by atoms with E-state index in [0.29, 0.717) is 12.8 Å². The summed E-state index contributed by atoms with van der Waals surface area (Å²) >= 11 is 0. The fraction of sp³-hybridized carbons (Fsp3) is 0.688. The first kappa shape index (κ1) is 15.9. The van der Waals surface area contributed by atoms with Gasteiger partial charge in [-0.3, -0.25) is 4.79 Å². The summed E-state index contributed by atoms with van der Waals surface area (Å²) in [4.78, 5) is 22.8. The maximum atomic E-state index is 11.1. The molecule has 21 heavy (non-hydrogen) atoms. The summed E-state index contributed by atoms with van der Waals surface area (Å²) in [6, 6.07) is 0. The van der Waals surface area contributed by atoms with E-state index in [1.807, 2.05) is 6.92 Å². The molecular weight excluding hydrogens is 266 g/mol. The smallest absolute Gasteiger partial charge is 0.306 e. The van der Waals surface area contributed by atoms with E-state index in [-0.39, 0.29) is 5.92 Å². The Hall–Kier alpha value is -1.49. The second-order valence-electron chi connectivity index (χ2n) is 5.71. The Kier molecular flexibility index (Phi) is 5.28. The number of aryl methyl sites for hydroxylation is 2. The Labute approximate surface area is 126 Å². The number of aromatic nitrogens is 2. The van der Waals surface area contributed by atoms with Crippen LogP contribution in [0.25, 0.3) is 0 Å². The van der Waals surface area contributed by atoms with Crippen LogP contribution in [-0.2, 0) is 24.1 Å². The van der Waals surface area contributed by atoms with Crippen molar-refractivity contribution in [3.63, 3.8) is 0 Å². The molecule has 0 spiro atoms. The number of nitrogens with zero attached hydrogens (tertiary/aromatic N) is 3. The zero-order valence-corrected chi connectivity index (χ0v) is 13.2. The maximum absolute atomic E-state index is 11.1. The van der Waals surface area contributed by atoms with E-state index in [4.69, 9.17) is 5.11 Å². The van der Waals surface area contributed by atoms with Crippen LogP contribution in [0.2, 0.25) is 0 Å². The number of rotatable bonds is 6. The minimum atomic E-state index is -0.703. The van der Waals surface area contributed by atoms with Crippen LogP contribution in [-0.4, -0.2) is 45.6 Å². The maximum Gasteiger partial charge on any atom is 0.306 e. The fourth-order valence-corrected chi connectivity index (χ4v) is 2.97. The topological polar surface area (TPSA) is 66.3 Å². The Morgan fingerprint density at radius 2 is 2.05 bits per heavy atom. The highest BCUT2D eigenvalue weighted by molar-refractivity contribution is 5.71. The van der Waals surface area contributed by atoms with Crippen molar-refractivity contribution in [1.82, 2.24) is 14.9 Å². The molecule has 1 aliphatic carbocycles. The normalized spacial score (nSPS) is 17.8. The van der Waals surface area contributed by atoms with E-state index in [0.717, 1.165) is 55.3 Å². The van der Waals surface area contributed by atoms with Crippen molar-refractivity contribution in [2.45, 2.75) is 46.5 Å². The second-order valence-corrected chi connectivity index (χ2v) is 5.71. The molecule has 1 unspecified atom stereocenters. The predicted molar refractivity (Wildman–Crippen MR) is 81.4 cm³/mol. The van der Waals surface area contributed by atoms with E-state index >= 15 is 0 Å². The van der Waals surface area contributed by atoms with Gasteiger partial charge in [-0.25, -0.2) is 9.97 Å². The average molecular weight is 291 g/mol. The molecule has 0 saturated carbocycles. The lowest BCUT2D eigenvalue weighted by atomic mass is 9.86. The molecule has 1 aromatic heterocycles. The van der Waals surface area contributed by atoms with Gasteiger partial charge in [-0.1, -0.05) is 13.8 Å². The minimum Gasteiger partial charge on any atom is -0.481 e. The summed E-state index contributed by atoms with van der Waals surface area (Å²) in [7, 11) is 0. The van der Waals surface area contributed by atoms with Crippen molar-refractivity contribution in [2.24, 2.45) is 5.92 Å². The molecule has 2 rings (SSSR count). The summed E-state index contributed by atoms with van der Waals surface area (Å²) in [5.41, 5.74) is 3.08. The third kappa shape index (κ3) is 3.79. The molecule has 0 aromatic carbocycles. The zero-order chi connectivity index (χ0) is 15.4. The van der Waals surface area contributed by atoms with Crippen molar-refractivity contribution < 1.29 is 9.90 Å². The quantitative estimate of drug-likeness (QED) is 0.866. The summed E-state index contributed by atoms with van der Waals surface area (Å²) in [5.74, 6) is -0.0843. The number of carboxylic acid groups (broad SMARTS) is 1. The second kappa shape index (κ2) is 6.98. The lowest BCUT2D eigenvalue weighted by Crippen LogP contribution is -2.27. The summed E-state index contributed by atoms with van der Waals surface area (Å²) < 4.78 is 0. The molecule has 116 valence electrons. The van der Waals surface area contributed by atoms with Gasteiger partial charge >= 0.3 is 5.97 Å². The van der Waals surface area contributed by atoms with E-state index < -0.39 is 5.97 Å². The predicted octanol–water partition coefficient (Wildman–Crippen LogP) is 1.86. The number of hydrogen-bond donors (Lipinski definition) is 1. The number of carboxylic acids is 1. The van der Waals surface area contributed by atoms with Crippen LogP contribution in [0.1, 0.15) is 43.0 Å². The van der Waals surface area contributed by atoms with Crippen molar-refractivity contribution in [3.05, 3.63) is 22.8 Å². The third-order valence-corrected chi connectivity index (χ3v) is 4.42. The Morgan fingerprint density at radius 3 is 2.67 bits per heavy atom. The van der Waals surface area contributed by atoms with Gasteiger partial charge in [-0.15, -0.1) is 0 Å². The van der Waals surface area contributed by atoms with Gasteiger partial charge in [0.1, 0.15) is 5.82 Å². The van der Waals surface area contributed by atoms with Gasteiger partial charge in [0.15, 0.2) is 0 Å². The van der Waals surface area contributed by atoms with Crippen LogP contribution >= 0.6 is 0 Å². The van der Waals surface area contributed by atoms with Gasteiger partial charge in [0, 0.05) is 24.4 Å². The van der Waals surface area contributed by atoms with Crippen molar-refractivity contribution in [2.75, 3.05) is 19.6 Å². The molecule has 1 N–H and O–H groups in total. The van der Waals surface area contributed by atoms with Crippen molar-refractivity contribution in [3.8, 4) is 0 Å². The van der Waals surface area contributed by atoms with E-state index in [1.54, 1.807) is 0 Å². The highest BCUT2D eigenvalue weighted by atomic mass is 16.4. The molecule has 0 amide bonds. The van der Waals surface area contributed by atoms with Gasteiger partial charge in [0.2, 0.25) is 0 Å². The molecule has 1 atom stereocenters. The summed E-state index contributed by atoms with van der Waals surface area (Å²) in [6.45, 7) is 9.36. The number of fused-ring (bicyclic) bond motifs is 1.